The van der Waals surface area contributed by atoms with Gasteiger partial charge in [-0.1, -0.05) is 68.1 Å². The number of unbranched alkanes of at least 4 members (excludes halogenated alkanes) is 3. The summed E-state index contributed by atoms with van der Waals surface area (Å²) in [5.74, 6) is 0. The third kappa shape index (κ3) is 8.12. The molecule has 0 saturated carbocycles. The monoisotopic (exact) mass is 433 g/mol. The lowest BCUT2D eigenvalue weighted by Gasteiger charge is -2.39. The van der Waals surface area contributed by atoms with Gasteiger partial charge in [-0.05, 0) is 31.4 Å². The van der Waals surface area contributed by atoms with E-state index in [-0.39, 0.29) is 17.0 Å². The molecule has 0 atom stereocenters. The summed E-state index contributed by atoms with van der Waals surface area (Å²) in [7, 11) is 0. The van der Waals surface area contributed by atoms with E-state index in [4.69, 9.17) is 0 Å². The molecule has 0 saturated heterocycles. The Bertz CT molecular complexity index is 354. The Labute approximate surface area is 157 Å². The fourth-order valence-corrected chi connectivity index (χ4v) is 3.29. The lowest BCUT2D eigenvalue weighted by atomic mass is 10.1. The predicted octanol–water partition coefficient (Wildman–Crippen LogP) is 3.17. The Kier molecular flexibility index (Phi) is 12.6. The molecule has 0 bridgehead atoms. The van der Waals surface area contributed by atoms with Gasteiger partial charge in [-0.2, -0.15) is 0 Å². The molecule has 0 aromatic heterocycles. The van der Waals surface area contributed by atoms with Crippen LogP contribution in [0.4, 0.5) is 0 Å². The highest BCUT2D eigenvalue weighted by molar-refractivity contribution is 9.10. The molecule has 0 aliphatic carbocycles. The van der Waals surface area contributed by atoms with Crippen molar-refractivity contribution in [1.29, 1.82) is 0 Å². The molecular weight excluding hydrogens is 402 g/mol. The number of quaternary nitrogens is 1. The second-order valence-electron chi connectivity index (χ2n) is 6.36. The summed E-state index contributed by atoms with van der Waals surface area (Å²) in [6.45, 7) is 12.2. The molecule has 3 heteroatoms. The van der Waals surface area contributed by atoms with Gasteiger partial charge in [-0.25, -0.2) is 0 Å². The highest BCUT2D eigenvalue weighted by Gasteiger charge is 2.26. The maximum absolute atomic E-state index is 3.55. The Balaban J connectivity index is 0.00000441. The smallest absolute Gasteiger partial charge is 0.104 e. The van der Waals surface area contributed by atoms with Crippen molar-refractivity contribution in [2.45, 2.75) is 65.8 Å². The molecule has 0 N–H and O–H groups in total. The van der Waals surface area contributed by atoms with Gasteiger partial charge in [0.2, 0.25) is 0 Å². The maximum Gasteiger partial charge on any atom is 0.104 e. The van der Waals surface area contributed by atoms with Gasteiger partial charge in [0, 0.05) is 10.0 Å². The molecule has 0 fully saturated rings. The highest BCUT2D eigenvalue weighted by Crippen LogP contribution is 2.21. The Morgan fingerprint density at radius 3 is 1.55 bits per heavy atom. The zero-order valence-corrected chi connectivity index (χ0v) is 17.8. The summed E-state index contributed by atoms with van der Waals surface area (Å²) in [5, 5.41) is 0. The standard InChI is InChI=1S/C19H33BrN.BrH/c1-4-7-14-21(15-8-5-2,16-9-6-3)17-18-10-12-19(20)13-11-18;/h10-13H,4-9,14-17H2,1-3H3;1H/q+1;/p-1. The maximum atomic E-state index is 3.55. The highest BCUT2D eigenvalue weighted by atomic mass is 79.9. The Morgan fingerprint density at radius 1 is 0.773 bits per heavy atom. The van der Waals surface area contributed by atoms with Crippen LogP contribution in [0.5, 0.6) is 0 Å². The molecule has 0 radical (unpaired) electrons. The van der Waals surface area contributed by atoms with Crippen molar-refractivity contribution in [2.75, 3.05) is 19.6 Å². The summed E-state index contributed by atoms with van der Waals surface area (Å²) >= 11 is 3.55. The molecule has 0 aliphatic rings. The van der Waals surface area contributed by atoms with Gasteiger partial charge in [0.15, 0.2) is 0 Å². The van der Waals surface area contributed by atoms with Crippen LogP contribution in [0, 0.1) is 0 Å². The normalized spacial score (nSPS) is 11.3. The quantitative estimate of drug-likeness (QED) is 0.469. The number of nitrogens with zero attached hydrogens (tertiary/aromatic N) is 1. The average Bonchev–Trinajstić information content (AvgIpc) is 2.51. The number of benzene rings is 1. The number of halogens is 2. The third-order valence-electron chi connectivity index (χ3n) is 4.39. The SMILES string of the molecule is CCCC[N+](CCCC)(CCCC)Cc1ccc(Br)cc1.[Br-]. The number of rotatable bonds is 11. The fourth-order valence-electron chi connectivity index (χ4n) is 3.03. The molecule has 0 heterocycles. The van der Waals surface area contributed by atoms with Crippen LogP contribution in [0.25, 0.3) is 0 Å². The Hall–Kier alpha value is 0.140. The van der Waals surface area contributed by atoms with Crippen molar-refractivity contribution in [2.24, 2.45) is 0 Å². The van der Waals surface area contributed by atoms with E-state index in [2.05, 4.69) is 61.0 Å². The number of hydrogen-bond acceptors (Lipinski definition) is 0. The van der Waals surface area contributed by atoms with Crippen molar-refractivity contribution in [1.82, 2.24) is 0 Å². The first-order chi connectivity index (χ1) is 10.2. The van der Waals surface area contributed by atoms with Crippen molar-refractivity contribution in [3.05, 3.63) is 34.3 Å². The molecule has 0 unspecified atom stereocenters. The first-order valence-electron chi connectivity index (χ1n) is 8.75. The summed E-state index contributed by atoms with van der Waals surface area (Å²) in [6, 6.07) is 8.95. The molecule has 128 valence electrons. The van der Waals surface area contributed by atoms with Crippen molar-refractivity contribution >= 4 is 15.9 Å². The lowest BCUT2D eigenvalue weighted by molar-refractivity contribution is -0.941. The molecule has 0 spiro atoms. The summed E-state index contributed by atoms with van der Waals surface area (Å²) in [5.41, 5.74) is 1.49. The molecule has 1 aromatic rings. The van der Waals surface area contributed by atoms with E-state index in [1.165, 1.54) is 79.2 Å². The minimum atomic E-state index is 0. The van der Waals surface area contributed by atoms with Crippen molar-refractivity contribution in [3.63, 3.8) is 0 Å². The topological polar surface area (TPSA) is 0 Å². The van der Waals surface area contributed by atoms with Crippen LogP contribution < -0.4 is 17.0 Å². The third-order valence-corrected chi connectivity index (χ3v) is 4.92. The molecule has 1 aromatic carbocycles. The average molecular weight is 435 g/mol. The molecule has 0 amide bonds. The first kappa shape index (κ1) is 22.1. The van der Waals surface area contributed by atoms with Gasteiger partial charge in [0.1, 0.15) is 6.54 Å². The Morgan fingerprint density at radius 2 is 1.18 bits per heavy atom. The van der Waals surface area contributed by atoms with Crippen molar-refractivity contribution < 1.29 is 21.5 Å². The lowest BCUT2D eigenvalue weighted by Crippen LogP contribution is -3.00. The second kappa shape index (κ2) is 12.5. The molecular formula is C19H33Br2N. The summed E-state index contributed by atoms with van der Waals surface area (Å²) in [4.78, 5) is 0. The molecule has 0 aliphatic heterocycles. The van der Waals surface area contributed by atoms with Crippen molar-refractivity contribution in [3.8, 4) is 0 Å². The minimum Gasteiger partial charge on any atom is -1.00 e. The van der Waals surface area contributed by atoms with Gasteiger partial charge in [-0.3, -0.25) is 0 Å². The van der Waals surface area contributed by atoms with E-state index in [1.54, 1.807) is 0 Å². The summed E-state index contributed by atoms with van der Waals surface area (Å²) < 4.78 is 2.47. The van der Waals surface area contributed by atoms with Gasteiger partial charge < -0.3 is 21.5 Å². The van der Waals surface area contributed by atoms with Crippen LogP contribution in [0.15, 0.2) is 28.7 Å². The molecule has 1 nitrogen and oxygen atoms in total. The van der Waals surface area contributed by atoms with E-state index in [9.17, 15) is 0 Å². The summed E-state index contributed by atoms with van der Waals surface area (Å²) in [6.07, 6.45) is 7.97. The van der Waals surface area contributed by atoms with Crippen LogP contribution in [0.2, 0.25) is 0 Å². The zero-order valence-electron chi connectivity index (χ0n) is 14.6. The van der Waals surface area contributed by atoms with Crippen LogP contribution in [0.1, 0.15) is 64.9 Å². The largest absolute Gasteiger partial charge is 1.00 e. The number of hydrogen-bond donors (Lipinski definition) is 0. The molecule has 22 heavy (non-hydrogen) atoms. The second-order valence-corrected chi connectivity index (χ2v) is 7.27. The van der Waals surface area contributed by atoms with E-state index in [1.807, 2.05) is 0 Å². The van der Waals surface area contributed by atoms with Gasteiger partial charge in [0.05, 0.1) is 19.6 Å². The molecule has 1 rings (SSSR count). The zero-order chi connectivity index (χ0) is 15.6. The van der Waals surface area contributed by atoms with Crippen LogP contribution in [-0.2, 0) is 6.54 Å². The van der Waals surface area contributed by atoms with E-state index < -0.39 is 0 Å². The van der Waals surface area contributed by atoms with Crippen LogP contribution in [-0.4, -0.2) is 24.1 Å². The van der Waals surface area contributed by atoms with E-state index >= 15 is 0 Å². The predicted molar refractivity (Wildman–Crippen MR) is 97.4 cm³/mol. The fraction of sp³-hybridized carbons (Fsp3) is 0.684. The van der Waals surface area contributed by atoms with Crippen LogP contribution >= 0.6 is 15.9 Å². The minimum absolute atomic E-state index is 0. The van der Waals surface area contributed by atoms with Crippen LogP contribution in [0.3, 0.4) is 0 Å². The first-order valence-corrected chi connectivity index (χ1v) is 9.54. The van der Waals surface area contributed by atoms with E-state index in [0.29, 0.717) is 0 Å². The van der Waals surface area contributed by atoms with Gasteiger partial charge in [-0.15, -0.1) is 0 Å². The van der Waals surface area contributed by atoms with E-state index in [0.717, 1.165) is 0 Å². The van der Waals surface area contributed by atoms with Gasteiger partial charge >= 0.3 is 0 Å². The van der Waals surface area contributed by atoms with Gasteiger partial charge in [0.25, 0.3) is 0 Å².